The zero-order valence-corrected chi connectivity index (χ0v) is 18.7. The molecule has 4 fully saturated rings. The van der Waals surface area contributed by atoms with E-state index in [0.717, 1.165) is 44.1 Å². The van der Waals surface area contributed by atoms with Crippen LogP contribution in [0, 0.1) is 23.6 Å². The summed E-state index contributed by atoms with van der Waals surface area (Å²) in [6.07, 6.45) is 6.17. The first-order valence-corrected chi connectivity index (χ1v) is 11.8. The minimum Gasteiger partial charge on any atom is -0.390 e. The molecule has 2 aromatic rings. The van der Waals surface area contributed by atoms with Crippen LogP contribution in [0.1, 0.15) is 77.6 Å². The van der Waals surface area contributed by atoms with Crippen molar-refractivity contribution in [2.45, 2.75) is 63.5 Å². The zero-order valence-electron chi connectivity index (χ0n) is 18.7. The van der Waals surface area contributed by atoms with Gasteiger partial charge in [0.2, 0.25) is 5.78 Å². The van der Waals surface area contributed by atoms with Crippen LogP contribution in [-0.2, 0) is 13.5 Å². The number of ketones is 1. The summed E-state index contributed by atoms with van der Waals surface area (Å²) in [6, 6.07) is 7.39. The van der Waals surface area contributed by atoms with Gasteiger partial charge in [0.05, 0.1) is 11.3 Å². The topological polar surface area (TPSA) is 71.3 Å². The van der Waals surface area contributed by atoms with E-state index in [1.54, 1.807) is 11.6 Å². The summed E-state index contributed by atoms with van der Waals surface area (Å²) in [6.45, 7) is 2.05. The van der Waals surface area contributed by atoms with E-state index in [0.29, 0.717) is 41.1 Å². The number of benzene rings is 1. The molecular formula is C26H31FN2O3. The van der Waals surface area contributed by atoms with E-state index in [-0.39, 0.29) is 23.5 Å². The molecule has 4 bridgehead atoms. The third-order valence-electron chi connectivity index (χ3n) is 7.92. The van der Waals surface area contributed by atoms with E-state index in [1.807, 2.05) is 6.07 Å². The lowest BCUT2D eigenvalue weighted by Gasteiger charge is -2.58. The highest BCUT2D eigenvalue weighted by atomic mass is 19.1. The second-order valence-electron chi connectivity index (χ2n) is 10.2. The summed E-state index contributed by atoms with van der Waals surface area (Å²) in [4.78, 5) is 26.6. The lowest BCUT2D eigenvalue weighted by Crippen LogP contribution is -2.61. The Hall–Kier alpha value is -2.47. The maximum atomic E-state index is 13.5. The third-order valence-corrected chi connectivity index (χ3v) is 7.92. The average molecular weight is 439 g/mol. The lowest BCUT2D eigenvalue weighted by atomic mass is 9.52. The standard InChI is InChI=1S/C26H31FN2O3/c1-3-4-17-11-21(24(30)16-5-7-20(27)8-6-16)29(2)23(17)25(31)28-22-18-9-15-10-19(22)14-26(32,12-15)13-18/h5-8,11,15,18-19,22,32H,3-4,9-10,12-14H2,1-2H3,(H,28,31). The second kappa shape index (κ2) is 7.84. The molecule has 32 heavy (non-hydrogen) atoms. The van der Waals surface area contributed by atoms with Gasteiger partial charge in [0, 0.05) is 18.7 Å². The maximum absolute atomic E-state index is 13.5. The van der Waals surface area contributed by atoms with Crippen molar-refractivity contribution in [1.29, 1.82) is 0 Å². The fourth-order valence-corrected chi connectivity index (χ4v) is 6.83. The summed E-state index contributed by atoms with van der Waals surface area (Å²) >= 11 is 0. The monoisotopic (exact) mass is 438 g/mol. The van der Waals surface area contributed by atoms with Crippen LogP contribution in [-0.4, -0.2) is 33.0 Å². The molecule has 0 aliphatic heterocycles. The Kier molecular flexibility index (Phi) is 5.24. The normalized spacial score (nSPS) is 30.5. The van der Waals surface area contributed by atoms with Crippen molar-refractivity contribution in [3.05, 3.63) is 58.7 Å². The molecular weight excluding hydrogens is 407 g/mol. The number of hydrogen-bond donors (Lipinski definition) is 2. The summed E-state index contributed by atoms with van der Waals surface area (Å²) in [5.41, 5.74) is 1.69. The minimum absolute atomic E-state index is 0.0833. The van der Waals surface area contributed by atoms with Crippen LogP contribution in [0.3, 0.4) is 0 Å². The summed E-state index contributed by atoms with van der Waals surface area (Å²) in [5.74, 6) is 0.479. The molecule has 1 aromatic carbocycles. The average Bonchev–Trinajstić information content (AvgIpc) is 3.05. The number of aliphatic hydroxyl groups is 1. The molecule has 4 saturated carbocycles. The number of halogens is 1. The van der Waals surface area contributed by atoms with Gasteiger partial charge in [-0.1, -0.05) is 13.3 Å². The van der Waals surface area contributed by atoms with Gasteiger partial charge >= 0.3 is 0 Å². The first kappa shape index (κ1) is 21.4. The molecule has 2 N–H and O–H groups in total. The Morgan fingerprint density at radius 3 is 2.41 bits per heavy atom. The van der Waals surface area contributed by atoms with Gasteiger partial charge in [-0.2, -0.15) is 0 Å². The van der Waals surface area contributed by atoms with Gasteiger partial charge in [-0.3, -0.25) is 9.59 Å². The van der Waals surface area contributed by atoms with Crippen LogP contribution in [0.4, 0.5) is 4.39 Å². The largest absolute Gasteiger partial charge is 0.390 e. The highest BCUT2D eigenvalue weighted by Crippen LogP contribution is 2.55. The molecule has 1 heterocycles. The van der Waals surface area contributed by atoms with Crippen LogP contribution >= 0.6 is 0 Å². The SMILES string of the molecule is CCCc1cc(C(=O)c2ccc(F)cc2)n(C)c1C(=O)NC1C2CC3CC1CC(O)(C3)C2. The molecule has 1 amide bonds. The molecule has 2 unspecified atom stereocenters. The van der Waals surface area contributed by atoms with Gasteiger partial charge in [0.15, 0.2) is 0 Å². The summed E-state index contributed by atoms with van der Waals surface area (Å²) in [5, 5.41) is 14.1. The Morgan fingerprint density at radius 2 is 1.81 bits per heavy atom. The Labute approximate surface area is 188 Å². The number of nitrogens with one attached hydrogen (secondary N) is 1. The van der Waals surface area contributed by atoms with Gasteiger partial charge in [-0.05, 0) is 92.2 Å². The quantitative estimate of drug-likeness (QED) is 0.670. The van der Waals surface area contributed by atoms with Crippen LogP contribution in [0.2, 0.25) is 0 Å². The van der Waals surface area contributed by atoms with Crippen LogP contribution in [0.25, 0.3) is 0 Å². The highest BCUT2D eigenvalue weighted by Gasteiger charge is 2.55. The van der Waals surface area contributed by atoms with Crippen LogP contribution < -0.4 is 5.32 Å². The van der Waals surface area contributed by atoms with Crippen molar-refractivity contribution in [2.24, 2.45) is 24.8 Å². The zero-order chi connectivity index (χ0) is 22.6. The molecule has 0 radical (unpaired) electrons. The molecule has 0 saturated heterocycles. The number of carbonyl (C=O) groups is 2. The van der Waals surface area contributed by atoms with Gasteiger partial charge < -0.3 is 15.0 Å². The Morgan fingerprint density at radius 1 is 1.16 bits per heavy atom. The van der Waals surface area contributed by atoms with E-state index in [1.165, 1.54) is 24.3 Å². The van der Waals surface area contributed by atoms with Crippen LogP contribution in [0.5, 0.6) is 0 Å². The first-order valence-electron chi connectivity index (χ1n) is 11.8. The van der Waals surface area contributed by atoms with Crippen LogP contribution in [0.15, 0.2) is 30.3 Å². The van der Waals surface area contributed by atoms with E-state index in [9.17, 15) is 19.1 Å². The van der Waals surface area contributed by atoms with Crippen molar-refractivity contribution in [1.82, 2.24) is 9.88 Å². The smallest absolute Gasteiger partial charge is 0.268 e. The number of amides is 1. The van der Waals surface area contributed by atoms with Crippen molar-refractivity contribution >= 4 is 11.7 Å². The number of nitrogens with zero attached hydrogens (tertiary/aromatic N) is 1. The first-order chi connectivity index (χ1) is 15.3. The fourth-order valence-electron chi connectivity index (χ4n) is 6.83. The van der Waals surface area contributed by atoms with E-state index < -0.39 is 5.60 Å². The fraction of sp³-hybridized carbons (Fsp3) is 0.538. The molecule has 4 aliphatic rings. The molecule has 6 heteroatoms. The number of hydrogen-bond acceptors (Lipinski definition) is 3. The Balaban J connectivity index is 1.42. The second-order valence-corrected chi connectivity index (χ2v) is 10.2. The number of aryl methyl sites for hydroxylation is 1. The summed E-state index contributed by atoms with van der Waals surface area (Å²) in [7, 11) is 1.75. The number of rotatable bonds is 6. The predicted molar refractivity (Wildman–Crippen MR) is 119 cm³/mol. The highest BCUT2D eigenvalue weighted by molar-refractivity contribution is 6.09. The van der Waals surface area contributed by atoms with Crippen molar-refractivity contribution < 1.29 is 19.1 Å². The van der Waals surface area contributed by atoms with Gasteiger partial charge in [-0.15, -0.1) is 0 Å². The van der Waals surface area contributed by atoms with Gasteiger partial charge in [0.1, 0.15) is 11.5 Å². The molecule has 0 spiro atoms. The molecule has 1 aromatic heterocycles. The molecule has 6 rings (SSSR count). The van der Waals surface area contributed by atoms with E-state index in [4.69, 9.17) is 0 Å². The third kappa shape index (κ3) is 3.58. The lowest BCUT2D eigenvalue weighted by molar-refractivity contribution is -0.137. The van der Waals surface area contributed by atoms with Crippen molar-refractivity contribution in [3.63, 3.8) is 0 Å². The van der Waals surface area contributed by atoms with Crippen molar-refractivity contribution in [2.75, 3.05) is 0 Å². The maximum Gasteiger partial charge on any atom is 0.268 e. The predicted octanol–water partition coefficient (Wildman–Crippen LogP) is 4.02. The number of carbonyl (C=O) groups excluding carboxylic acids is 2. The molecule has 5 nitrogen and oxygen atoms in total. The van der Waals surface area contributed by atoms with E-state index in [2.05, 4.69) is 12.2 Å². The molecule has 170 valence electrons. The van der Waals surface area contributed by atoms with Crippen molar-refractivity contribution in [3.8, 4) is 0 Å². The summed E-state index contributed by atoms with van der Waals surface area (Å²) < 4.78 is 15.0. The number of aromatic nitrogens is 1. The van der Waals surface area contributed by atoms with Gasteiger partial charge in [0.25, 0.3) is 5.91 Å². The minimum atomic E-state index is -0.537. The molecule has 2 atom stereocenters. The Bertz CT molecular complexity index is 1040. The molecule has 4 aliphatic carbocycles. The van der Waals surface area contributed by atoms with E-state index >= 15 is 0 Å². The van der Waals surface area contributed by atoms with Gasteiger partial charge in [-0.25, -0.2) is 4.39 Å².